The fourth-order valence-electron chi connectivity index (χ4n) is 1.03. The highest BCUT2D eigenvalue weighted by molar-refractivity contribution is 5.97. The Bertz CT molecular complexity index is 144. The highest BCUT2D eigenvalue weighted by Gasteiger charge is 2.15. The van der Waals surface area contributed by atoms with E-state index in [1.54, 1.807) is 0 Å². The van der Waals surface area contributed by atoms with Crippen molar-refractivity contribution in [2.24, 2.45) is 5.92 Å². The second-order valence-electron chi connectivity index (χ2n) is 2.45. The monoisotopic (exact) mass is 110 g/mol. The van der Waals surface area contributed by atoms with Gasteiger partial charge in [0.1, 0.15) is 0 Å². The molecule has 1 rings (SSSR count). The molecule has 0 saturated carbocycles. The van der Waals surface area contributed by atoms with Gasteiger partial charge < -0.3 is 0 Å². The van der Waals surface area contributed by atoms with E-state index in [-0.39, 0.29) is 0 Å². The van der Waals surface area contributed by atoms with Gasteiger partial charge in [0, 0.05) is 6.42 Å². The van der Waals surface area contributed by atoms with Gasteiger partial charge in [-0.1, -0.05) is 13.0 Å². The van der Waals surface area contributed by atoms with Crippen LogP contribution in [0.15, 0.2) is 11.6 Å². The van der Waals surface area contributed by atoms with Gasteiger partial charge in [-0.3, -0.25) is 4.79 Å². The van der Waals surface area contributed by atoms with Crippen molar-refractivity contribution < 1.29 is 4.79 Å². The number of hydrogen-bond donors (Lipinski definition) is 0. The number of ketones is 1. The van der Waals surface area contributed by atoms with E-state index >= 15 is 0 Å². The molecule has 0 N–H and O–H groups in total. The summed E-state index contributed by atoms with van der Waals surface area (Å²) in [5.74, 6) is 0.806. The molecule has 1 nitrogen and oxygen atoms in total. The zero-order valence-electron chi connectivity index (χ0n) is 5.27. The van der Waals surface area contributed by atoms with Gasteiger partial charge in [-0.05, 0) is 18.4 Å². The lowest BCUT2D eigenvalue weighted by atomic mass is 10.2. The maximum atomic E-state index is 10.7. The summed E-state index contributed by atoms with van der Waals surface area (Å²) < 4.78 is 0. The maximum Gasteiger partial charge on any atom is 0.158 e. The zero-order valence-corrected chi connectivity index (χ0v) is 5.27. The predicted molar refractivity (Wildman–Crippen MR) is 32.5 cm³/mol. The van der Waals surface area contributed by atoms with Crippen LogP contribution in [-0.4, -0.2) is 5.78 Å². The lowest BCUT2D eigenvalue weighted by Gasteiger charge is -1.88. The average molecular weight is 110 g/mol. The van der Waals surface area contributed by atoms with E-state index in [0.717, 1.165) is 12.0 Å². The molecule has 1 heteroatoms. The van der Waals surface area contributed by atoms with Gasteiger partial charge in [-0.25, -0.2) is 0 Å². The van der Waals surface area contributed by atoms with Crippen molar-refractivity contribution in [1.29, 1.82) is 0 Å². The SMILES string of the molecule is CC1=C[C@H](C)CC1=O. The van der Waals surface area contributed by atoms with Crippen molar-refractivity contribution in [2.45, 2.75) is 20.3 Å². The third kappa shape index (κ3) is 0.808. The molecule has 0 heterocycles. The quantitative estimate of drug-likeness (QED) is 0.462. The number of Topliss-reactive ketones (excluding diaryl/α,β-unsaturated/α-hetero) is 1. The molecule has 8 heavy (non-hydrogen) atoms. The van der Waals surface area contributed by atoms with Crippen LogP contribution in [0.5, 0.6) is 0 Å². The van der Waals surface area contributed by atoms with Crippen LogP contribution in [0.2, 0.25) is 0 Å². The second kappa shape index (κ2) is 1.73. The number of carbonyl (C=O) groups excluding carboxylic acids is 1. The first-order valence-corrected chi connectivity index (χ1v) is 2.92. The van der Waals surface area contributed by atoms with E-state index in [1.807, 2.05) is 13.0 Å². The largest absolute Gasteiger partial charge is 0.295 e. The smallest absolute Gasteiger partial charge is 0.158 e. The summed E-state index contributed by atoms with van der Waals surface area (Å²) in [6, 6.07) is 0. The lowest BCUT2D eigenvalue weighted by Crippen LogP contribution is -1.92. The Morgan fingerprint density at radius 2 is 2.38 bits per heavy atom. The Morgan fingerprint density at radius 3 is 2.50 bits per heavy atom. The number of allylic oxidation sites excluding steroid dienone is 2. The summed E-state index contributed by atoms with van der Waals surface area (Å²) in [6.45, 7) is 3.94. The minimum Gasteiger partial charge on any atom is -0.295 e. The van der Waals surface area contributed by atoms with Crippen LogP contribution in [-0.2, 0) is 4.79 Å². The maximum absolute atomic E-state index is 10.7. The van der Waals surface area contributed by atoms with E-state index in [2.05, 4.69) is 6.92 Å². The molecule has 0 fully saturated rings. The molecule has 0 radical (unpaired) electrons. The molecule has 0 spiro atoms. The van der Waals surface area contributed by atoms with Gasteiger partial charge >= 0.3 is 0 Å². The van der Waals surface area contributed by atoms with Crippen molar-refractivity contribution in [3.05, 3.63) is 11.6 Å². The first-order valence-electron chi connectivity index (χ1n) is 2.92. The van der Waals surface area contributed by atoms with Gasteiger partial charge in [0.2, 0.25) is 0 Å². The van der Waals surface area contributed by atoms with Crippen LogP contribution in [0, 0.1) is 5.92 Å². The number of carbonyl (C=O) groups is 1. The van der Waals surface area contributed by atoms with E-state index in [1.165, 1.54) is 0 Å². The lowest BCUT2D eigenvalue weighted by molar-refractivity contribution is -0.115. The zero-order chi connectivity index (χ0) is 6.15. The van der Waals surface area contributed by atoms with Crippen LogP contribution < -0.4 is 0 Å². The number of hydrogen-bond acceptors (Lipinski definition) is 1. The van der Waals surface area contributed by atoms with Gasteiger partial charge in [0.15, 0.2) is 5.78 Å². The molecule has 0 unspecified atom stereocenters. The number of rotatable bonds is 0. The molecular weight excluding hydrogens is 100 g/mol. The molecule has 1 atom stereocenters. The Labute approximate surface area is 49.4 Å². The van der Waals surface area contributed by atoms with Gasteiger partial charge in [0.25, 0.3) is 0 Å². The first-order chi connectivity index (χ1) is 3.70. The van der Waals surface area contributed by atoms with Crippen LogP contribution in [0.4, 0.5) is 0 Å². The fourth-order valence-corrected chi connectivity index (χ4v) is 1.03. The summed E-state index contributed by atoms with van der Waals surface area (Å²) >= 11 is 0. The van der Waals surface area contributed by atoms with Gasteiger partial charge in [0.05, 0.1) is 0 Å². The molecule has 0 bridgehead atoms. The molecule has 1 aliphatic rings. The molecule has 1 aliphatic carbocycles. The average Bonchev–Trinajstić information content (AvgIpc) is 1.85. The second-order valence-corrected chi connectivity index (χ2v) is 2.45. The molecule has 0 aromatic rings. The molecule has 0 amide bonds. The van der Waals surface area contributed by atoms with Crippen LogP contribution in [0.25, 0.3) is 0 Å². The van der Waals surface area contributed by atoms with Crippen molar-refractivity contribution in [3.8, 4) is 0 Å². The van der Waals surface area contributed by atoms with E-state index in [9.17, 15) is 4.79 Å². The standard InChI is InChI=1S/C7H10O/c1-5-3-6(2)7(8)4-5/h3,5H,4H2,1-2H3/t5-/m0/s1. The van der Waals surface area contributed by atoms with E-state index in [4.69, 9.17) is 0 Å². The predicted octanol–water partition coefficient (Wildman–Crippen LogP) is 1.54. The van der Waals surface area contributed by atoms with Crippen molar-refractivity contribution in [3.63, 3.8) is 0 Å². The van der Waals surface area contributed by atoms with Crippen LogP contribution in [0.1, 0.15) is 20.3 Å². The summed E-state index contributed by atoms with van der Waals surface area (Å²) in [6.07, 6.45) is 2.76. The summed E-state index contributed by atoms with van der Waals surface area (Å²) in [5.41, 5.74) is 0.942. The van der Waals surface area contributed by atoms with E-state index < -0.39 is 0 Å². The Kier molecular flexibility index (Phi) is 1.20. The topological polar surface area (TPSA) is 17.1 Å². The van der Waals surface area contributed by atoms with Crippen molar-refractivity contribution >= 4 is 5.78 Å². The van der Waals surface area contributed by atoms with Gasteiger partial charge in [-0.15, -0.1) is 0 Å². The molecule has 0 aromatic carbocycles. The highest BCUT2D eigenvalue weighted by atomic mass is 16.1. The van der Waals surface area contributed by atoms with Crippen molar-refractivity contribution in [2.75, 3.05) is 0 Å². The first kappa shape index (κ1) is 5.54. The third-order valence-electron chi connectivity index (χ3n) is 1.48. The molecule has 0 aromatic heterocycles. The van der Waals surface area contributed by atoms with Gasteiger partial charge in [-0.2, -0.15) is 0 Å². The van der Waals surface area contributed by atoms with Crippen LogP contribution >= 0.6 is 0 Å². The minimum atomic E-state index is 0.317. The Hall–Kier alpha value is -0.590. The molecule has 0 saturated heterocycles. The van der Waals surface area contributed by atoms with E-state index in [0.29, 0.717) is 11.7 Å². The molecular formula is C7H10O. The highest BCUT2D eigenvalue weighted by Crippen LogP contribution is 2.18. The van der Waals surface area contributed by atoms with Crippen molar-refractivity contribution in [1.82, 2.24) is 0 Å². The molecule has 44 valence electrons. The summed E-state index contributed by atoms with van der Waals surface area (Å²) in [7, 11) is 0. The van der Waals surface area contributed by atoms with Crippen LogP contribution in [0.3, 0.4) is 0 Å². The Balaban J connectivity index is 2.73. The minimum absolute atomic E-state index is 0.317. The normalized spacial score (nSPS) is 28.5. The summed E-state index contributed by atoms with van der Waals surface area (Å²) in [4.78, 5) is 10.7. The fraction of sp³-hybridized carbons (Fsp3) is 0.571. The molecule has 0 aliphatic heterocycles. The summed E-state index contributed by atoms with van der Waals surface area (Å²) in [5, 5.41) is 0. The third-order valence-corrected chi connectivity index (χ3v) is 1.48. The Morgan fingerprint density at radius 1 is 1.75 bits per heavy atom.